The van der Waals surface area contributed by atoms with Gasteiger partial charge in [0.25, 0.3) is 5.91 Å². The highest BCUT2D eigenvalue weighted by Crippen LogP contribution is 2.30. The quantitative estimate of drug-likeness (QED) is 0.882. The lowest BCUT2D eigenvalue weighted by molar-refractivity contribution is -0.140. The van der Waals surface area contributed by atoms with Crippen molar-refractivity contribution in [2.75, 3.05) is 13.2 Å². The van der Waals surface area contributed by atoms with Gasteiger partial charge in [0, 0.05) is 12.0 Å². The first-order chi connectivity index (χ1) is 9.99. The molecule has 6 heteroatoms. The SMILES string of the molecule is CC(C)[C@H](NC(=O)c1ccc2c(c1)OCCCO2)C(=O)O. The average Bonchev–Trinajstić information content (AvgIpc) is 2.68. The number of rotatable bonds is 4. The number of carbonyl (C=O) groups excluding carboxylic acids is 1. The molecule has 0 radical (unpaired) electrons. The van der Waals surface area contributed by atoms with Crippen molar-refractivity contribution in [3.05, 3.63) is 23.8 Å². The molecule has 2 rings (SSSR count). The monoisotopic (exact) mass is 293 g/mol. The van der Waals surface area contributed by atoms with Gasteiger partial charge in [-0.1, -0.05) is 13.8 Å². The summed E-state index contributed by atoms with van der Waals surface area (Å²) in [5.74, 6) is -0.578. The summed E-state index contributed by atoms with van der Waals surface area (Å²) < 4.78 is 11.0. The summed E-state index contributed by atoms with van der Waals surface area (Å²) in [4.78, 5) is 23.3. The Morgan fingerprint density at radius 3 is 2.48 bits per heavy atom. The average molecular weight is 293 g/mol. The molecule has 0 aromatic heterocycles. The molecule has 6 nitrogen and oxygen atoms in total. The van der Waals surface area contributed by atoms with Gasteiger partial charge in [0.15, 0.2) is 11.5 Å². The largest absolute Gasteiger partial charge is 0.490 e. The van der Waals surface area contributed by atoms with E-state index in [2.05, 4.69) is 5.32 Å². The second kappa shape index (κ2) is 6.47. The molecule has 114 valence electrons. The molecule has 2 N–H and O–H groups in total. The van der Waals surface area contributed by atoms with E-state index in [0.717, 1.165) is 6.42 Å². The molecular weight excluding hydrogens is 274 g/mol. The lowest BCUT2D eigenvalue weighted by Crippen LogP contribution is -2.44. The summed E-state index contributed by atoms with van der Waals surface area (Å²) in [5, 5.41) is 11.6. The predicted octanol–water partition coefficient (Wildman–Crippen LogP) is 1.69. The maximum atomic E-state index is 12.2. The van der Waals surface area contributed by atoms with Gasteiger partial charge in [0.05, 0.1) is 13.2 Å². The maximum absolute atomic E-state index is 12.2. The molecule has 0 saturated carbocycles. The smallest absolute Gasteiger partial charge is 0.326 e. The highest BCUT2D eigenvalue weighted by molar-refractivity contribution is 5.97. The third-order valence-electron chi connectivity index (χ3n) is 3.23. The molecule has 1 aromatic rings. The van der Waals surface area contributed by atoms with Crippen molar-refractivity contribution in [1.82, 2.24) is 5.32 Å². The molecule has 0 unspecified atom stereocenters. The molecule has 1 amide bonds. The van der Waals surface area contributed by atoms with Crippen LogP contribution in [0.1, 0.15) is 30.6 Å². The zero-order chi connectivity index (χ0) is 15.4. The van der Waals surface area contributed by atoms with Crippen LogP contribution in [-0.2, 0) is 4.79 Å². The Bertz CT molecular complexity index is 541. The molecule has 1 aliphatic rings. The van der Waals surface area contributed by atoms with E-state index in [1.165, 1.54) is 0 Å². The fourth-order valence-corrected chi connectivity index (χ4v) is 2.04. The minimum atomic E-state index is -1.05. The molecular formula is C15H19NO5. The lowest BCUT2D eigenvalue weighted by Gasteiger charge is -2.18. The Labute approximate surface area is 123 Å². The number of carbonyl (C=O) groups is 2. The number of aliphatic carboxylic acids is 1. The molecule has 1 atom stereocenters. The van der Waals surface area contributed by atoms with E-state index < -0.39 is 17.9 Å². The molecule has 21 heavy (non-hydrogen) atoms. The van der Waals surface area contributed by atoms with E-state index >= 15 is 0 Å². The first-order valence-corrected chi connectivity index (χ1v) is 6.92. The van der Waals surface area contributed by atoms with E-state index in [9.17, 15) is 9.59 Å². The standard InChI is InChI=1S/C15H19NO5/c1-9(2)13(15(18)19)16-14(17)10-4-5-11-12(8-10)21-7-3-6-20-11/h4-5,8-9,13H,3,6-7H2,1-2H3,(H,16,17)(H,18,19)/t13-/m0/s1. The van der Waals surface area contributed by atoms with Gasteiger partial charge in [-0.15, -0.1) is 0 Å². The van der Waals surface area contributed by atoms with E-state index in [1.807, 2.05) is 0 Å². The van der Waals surface area contributed by atoms with Gasteiger partial charge in [-0.05, 0) is 24.1 Å². The van der Waals surface area contributed by atoms with Crippen LogP contribution in [0.5, 0.6) is 11.5 Å². The highest BCUT2D eigenvalue weighted by atomic mass is 16.5. The van der Waals surface area contributed by atoms with E-state index in [-0.39, 0.29) is 5.92 Å². The first kappa shape index (κ1) is 15.2. The number of carboxylic acids is 1. The van der Waals surface area contributed by atoms with Crippen LogP contribution < -0.4 is 14.8 Å². The molecule has 0 aliphatic carbocycles. The fraction of sp³-hybridized carbons (Fsp3) is 0.467. The van der Waals surface area contributed by atoms with Crippen LogP contribution in [0.25, 0.3) is 0 Å². The minimum Gasteiger partial charge on any atom is -0.490 e. The van der Waals surface area contributed by atoms with E-state index in [4.69, 9.17) is 14.6 Å². The van der Waals surface area contributed by atoms with Crippen molar-refractivity contribution in [2.24, 2.45) is 5.92 Å². The van der Waals surface area contributed by atoms with Crippen molar-refractivity contribution < 1.29 is 24.2 Å². The van der Waals surface area contributed by atoms with Crippen molar-refractivity contribution in [3.63, 3.8) is 0 Å². The van der Waals surface area contributed by atoms with Gasteiger partial charge in [-0.2, -0.15) is 0 Å². The second-order valence-electron chi connectivity index (χ2n) is 5.25. The number of fused-ring (bicyclic) bond motifs is 1. The first-order valence-electron chi connectivity index (χ1n) is 6.92. The third kappa shape index (κ3) is 3.65. The van der Waals surface area contributed by atoms with Crippen LogP contribution in [0.3, 0.4) is 0 Å². The Balaban J connectivity index is 2.16. The van der Waals surface area contributed by atoms with Gasteiger partial charge < -0.3 is 19.9 Å². The Hall–Kier alpha value is -2.24. The summed E-state index contributed by atoms with van der Waals surface area (Å²) in [6.07, 6.45) is 0.782. The van der Waals surface area contributed by atoms with Crippen molar-refractivity contribution in [1.29, 1.82) is 0 Å². The van der Waals surface area contributed by atoms with Gasteiger partial charge in [-0.25, -0.2) is 4.79 Å². The summed E-state index contributed by atoms with van der Waals surface area (Å²) in [6.45, 7) is 4.59. The van der Waals surface area contributed by atoms with Crippen molar-refractivity contribution in [2.45, 2.75) is 26.3 Å². The van der Waals surface area contributed by atoms with Crippen LogP contribution >= 0.6 is 0 Å². The number of carboxylic acid groups (broad SMARTS) is 1. The topological polar surface area (TPSA) is 84.9 Å². The van der Waals surface area contributed by atoms with Gasteiger partial charge in [0.2, 0.25) is 0 Å². The molecule has 0 bridgehead atoms. The van der Waals surface area contributed by atoms with Gasteiger partial charge in [-0.3, -0.25) is 4.79 Å². The van der Waals surface area contributed by atoms with Crippen LogP contribution in [0, 0.1) is 5.92 Å². The van der Waals surface area contributed by atoms with Crippen LogP contribution in [-0.4, -0.2) is 36.2 Å². The number of nitrogens with one attached hydrogen (secondary N) is 1. The number of ether oxygens (including phenoxy) is 2. The maximum Gasteiger partial charge on any atom is 0.326 e. The third-order valence-corrected chi connectivity index (χ3v) is 3.23. The Morgan fingerprint density at radius 2 is 1.86 bits per heavy atom. The fourth-order valence-electron chi connectivity index (χ4n) is 2.04. The molecule has 1 heterocycles. The Morgan fingerprint density at radius 1 is 1.19 bits per heavy atom. The number of hydrogen-bond acceptors (Lipinski definition) is 4. The summed E-state index contributed by atoms with van der Waals surface area (Å²) in [7, 11) is 0. The van der Waals surface area contributed by atoms with E-state index in [0.29, 0.717) is 30.3 Å². The number of amides is 1. The van der Waals surface area contributed by atoms with Gasteiger partial charge in [0.1, 0.15) is 6.04 Å². The predicted molar refractivity (Wildman–Crippen MR) is 75.8 cm³/mol. The van der Waals surface area contributed by atoms with Crippen molar-refractivity contribution >= 4 is 11.9 Å². The zero-order valence-corrected chi connectivity index (χ0v) is 12.1. The van der Waals surface area contributed by atoms with E-state index in [1.54, 1.807) is 32.0 Å². The molecule has 0 fully saturated rings. The van der Waals surface area contributed by atoms with Crippen LogP contribution in [0.4, 0.5) is 0 Å². The summed E-state index contributed by atoms with van der Waals surface area (Å²) >= 11 is 0. The lowest BCUT2D eigenvalue weighted by atomic mass is 10.0. The summed E-state index contributed by atoms with van der Waals surface area (Å²) in [6, 6.07) is 3.92. The van der Waals surface area contributed by atoms with Gasteiger partial charge >= 0.3 is 5.97 Å². The molecule has 0 spiro atoms. The number of hydrogen-bond donors (Lipinski definition) is 2. The molecule has 0 saturated heterocycles. The summed E-state index contributed by atoms with van der Waals surface area (Å²) in [5.41, 5.74) is 0.353. The minimum absolute atomic E-state index is 0.202. The van der Waals surface area contributed by atoms with Crippen LogP contribution in [0.15, 0.2) is 18.2 Å². The van der Waals surface area contributed by atoms with Crippen molar-refractivity contribution in [3.8, 4) is 11.5 Å². The second-order valence-corrected chi connectivity index (χ2v) is 5.25. The highest BCUT2D eigenvalue weighted by Gasteiger charge is 2.24. The zero-order valence-electron chi connectivity index (χ0n) is 12.1. The Kier molecular flexibility index (Phi) is 4.67. The van der Waals surface area contributed by atoms with Crippen LogP contribution in [0.2, 0.25) is 0 Å². The molecule has 1 aliphatic heterocycles. The number of benzene rings is 1. The normalized spacial score (nSPS) is 15.2. The molecule has 1 aromatic carbocycles.